The van der Waals surface area contributed by atoms with Crippen molar-refractivity contribution >= 4 is 15.9 Å². The van der Waals surface area contributed by atoms with Gasteiger partial charge in [0.25, 0.3) is 5.91 Å². The van der Waals surface area contributed by atoms with Crippen molar-refractivity contribution in [2.75, 3.05) is 40.5 Å². The molecule has 1 saturated heterocycles. The van der Waals surface area contributed by atoms with Gasteiger partial charge in [0.15, 0.2) is 6.61 Å². The highest BCUT2D eigenvalue weighted by atomic mass is 32.2. The van der Waals surface area contributed by atoms with Crippen molar-refractivity contribution in [3.63, 3.8) is 0 Å². The van der Waals surface area contributed by atoms with Gasteiger partial charge in [-0.3, -0.25) is 4.79 Å². The number of nitrogens with zero attached hydrogens (tertiary/aromatic N) is 4. The number of carbonyl (C=O) groups is 1. The van der Waals surface area contributed by atoms with E-state index in [9.17, 15) is 13.2 Å². The lowest BCUT2D eigenvalue weighted by Gasteiger charge is -2.33. The molecule has 1 fully saturated rings. The molecule has 0 bridgehead atoms. The van der Waals surface area contributed by atoms with Crippen LogP contribution in [0.25, 0.3) is 11.4 Å². The van der Waals surface area contributed by atoms with Gasteiger partial charge in [-0.15, -0.1) is 0 Å². The number of hydrogen-bond donors (Lipinski definition) is 0. The summed E-state index contributed by atoms with van der Waals surface area (Å²) < 4.78 is 42.8. The fraction of sp³-hybridized carbons (Fsp3) is 0.400. The van der Waals surface area contributed by atoms with E-state index in [1.807, 2.05) is 18.2 Å². The Kier molecular flexibility index (Phi) is 8.34. The van der Waals surface area contributed by atoms with Gasteiger partial charge < -0.3 is 18.9 Å². The summed E-state index contributed by atoms with van der Waals surface area (Å²) in [6.45, 7) is 1.07. The monoisotopic (exact) mass is 514 g/mol. The minimum atomic E-state index is -3.63. The Labute approximate surface area is 210 Å². The zero-order chi connectivity index (χ0) is 25.5. The molecule has 1 amide bonds. The molecule has 2 heterocycles. The number of ether oxygens (including phenoxy) is 2. The maximum absolute atomic E-state index is 12.9. The van der Waals surface area contributed by atoms with Crippen LogP contribution >= 0.6 is 0 Å². The summed E-state index contributed by atoms with van der Waals surface area (Å²) in [5.74, 6) is 1.18. The van der Waals surface area contributed by atoms with Crippen molar-refractivity contribution in [1.82, 2.24) is 19.3 Å². The first-order valence-electron chi connectivity index (χ1n) is 11.8. The van der Waals surface area contributed by atoms with Crippen LogP contribution in [-0.4, -0.2) is 74.1 Å². The number of hydrogen-bond acceptors (Lipinski definition) is 8. The van der Waals surface area contributed by atoms with Gasteiger partial charge >= 0.3 is 0 Å². The van der Waals surface area contributed by atoms with Crippen LogP contribution in [0.4, 0.5) is 0 Å². The highest BCUT2D eigenvalue weighted by molar-refractivity contribution is 7.89. The molecule has 0 aliphatic carbocycles. The van der Waals surface area contributed by atoms with Crippen LogP contribution in [0.3, 0.4) is 0 Å². The molecular weight excluding hydrogens is 484 g/mol. The number of amides is 1. The minimum absolute atomic E-state index is 0.0731. The number of piperidine rings is 1. The van der Waals surface area contributed by atoms with Crippen LogP contribution < -0.4 is 4.74 Å². The summed E-state index contributed by atoms with van der Waals surface area (Å²) in [5, 5.41) is 4.08. The molecule has 1 aromatic heterocycles. The van der Waals surface area contributed by atoms with Gasteiger partial charge in [0.2, 0.25) is 21.7 Å². The number of benzene rings is 2. The summed E-state index contributed by atoms with van der Waals surface area (Å²) in [6, 6.07) is 15.2. The fourth-order valence-electron chi connectivity index (χ4n) is 4.02. The largest absolute Gasteiger partial charge is 0.484 e. The average molecular weight is 515 g/mol. The molecule has 11 heteroatoms. The SMILES string of the molecule is COCCN(C)S(=O)(=O)c1ccc(-c2noc(C3CCCCN3C(=O)COc3ccccc3)n2)cc1. The summed E-state index contributed by atoms with van der Waals surface area (Å²) in [6.07, 6.45) is 2.54. The van der Waals surface area contributed by atoms with Gasteiger partial charge in [0, 0.05) is 32.8 Å². The lowest BCUT2D eigenvalue weighted by Crippen LogP contribution is -2.41. The number of methoxy groups -OCH3 is 1. The van der Waals surface area contributed by atoms with Crippen molar-refractivity contribution in [2.24, 2.45) is 0 Å². The van der Waals surface area contributed by atoms with E-state index in [1.165, 1.54) is 30.6 Å². The molecule has 4 rings (SSSR count). The lowest BCUT2D eigenvalue weighted by atomic mass is 10.0. The van der Waals surface area contributed by atoms with Crippen molar-refractivity contribution in [3.05, 3.63) is 60.5 Å². The number of aromatic nitrogens is 2. The number of sulfonamides is 1. The predicted molar refractivity (Wildman–Crippen MR) is 132 cm³/mol. The third kappa shape index (κ3) is 5.92. The van der Waals surface area contributed by atoms with E-state index in [1.54, 1.807) is 29.2 Å². The Morgan fingerprint density at radius 2 is 1.89 bits per heavy atom. The number of likely N-dealkylation sites (N-methyl/N-ethyl adjacent to an activating group) is 1. The van der Waals surface area contributed by atoms with Crippen LogP contribution in [0.15, 0.2) is 64.0 Å². The zero-order valence-electron chi connectivity index (χ0n) is 20.4. The molecule has 192 valence electrons. The van der Waals surface area contributed by atoms with Crippen molar-refractivity contribution < 1.29 is 27.2 Å². The summed E-state index contributed by atoms with van der Waals surface area (Å²) in [4.78, 5) is 19.4. The van der Waals surface area contributed by atoms with Crippen LogP contribution in [0.5, 0.6) is 5.75 Å². The normalized spacial score (nSPS) is 16.3. The van der Waals surface area contributed by atoms with E-state index < -0.39 is 10.0 Å². The van der Waals surface area contributed by atoms with Gasteiger partial charge in [-0.2, -0.15) is 9.29 Å². The maximum atomic E-state index is 12.9. The van der Waals surface area contributed by atoms with E-state index in [2.05, 4.69) is 10.1 Å². The molecule has 1 aliphatic heterocycles. The molecule has 0 spiro atoms. The Hall–Kier alpha value is -3.28. The molecule has 0 radical (unpaired) electrons. The number of para-hydroxylation sites is 1. The molecule has 1 atom stereocenters. The van der Waals surface area contributed by atoms with Crippen molar-refractivity contribution in [3.8, 4) is 17.1 Å². The standard InChI is InChI=1S/C25H30N4O6S/c1-28(16-17-33-2)36(31,32)21-13-11-19(12-14-21)24-26-25(35-27-24)22-10-6-7-15-29(22)23(30)18-34-20-8-4-3-5-9-20/h3-5,8-9,11-14,22H,6-7,10,15-18H2,1-2H3. The molecule has 3 aromatic rings. The second kappa shape index (κ2) is 11.6. The molecule has 0 N–H and O–H groups in total. The maximum Gasteiger partial charge on any atom is 0.261 e. The predicted octanol–water partition coefficient (Wildman–Crippen LogP) is 3.14. The summed E-state index contributed by atoms with van der Waals surface area (Å²) >= 11 is 0. The first kappa shape index (κ1) is 25.8. The Morgan fingerprint density at radius 1 is 1.14 bits per heavy atom. The highest BCUT2D eigenvalue weighted by Gasteiger charge is 2.32. The van der Waals surface area contributed by atoms with E-state index in [-0.39, 0.29) is 30.0 Å². The van der Waals surface area contributed by atoms with Crippen molar-refractivity contribution in [2.45, 2.75) is 30.2 Å². The van der Waals surface area contributed by atoms with Gasteiger partial charge in [0.05, 0.1) is 11.5 Å². The Morgan fingerprint density at radius 3 is 2.61 bits per heavy atom. The van der Waals surface area contributed by atoms with Crippen molar-refractivity contribution in [1.29, 1.82) is 0 Å². The van der Waals surface area contributed by atoms with E-state index in [4.69, 9.17) is 14.0 Å². The Balaban J connectivity index is 1.45. The number of rotatable bonds is 10. The third-order valence-electron chi connectivity index (χ3n) is 6.09. The van der Waals surface area contributed by atoms with E-state index >= 15 is 0 Å². The van der Waals surface area contributed by atoms with Gasteiger partial charge in [-0.05, 0) is 55.7 Å². The lowest BCUT2D eigenvalue weighted by molar-refractivity contribution is -0.138. The summed E-state index contributed by atoms with van der Waals surface area (Å²) in [5.41, 5.74) is 0.615. The minimum Gasteiger partial charge on any atom is -0.484 e. The Bertz CT molecular complexity index is 1250. The molecular formula is C25H30N4O6S. The second-order valence-electron chi connectivity index (χ2n) is 8.50. The first-order chi connectivity index (χ1) is 17.4. The van der Waals surface area contributed by atoms with Gasteiger partial charge in [0.1, 0.15) is 11.8 Å². The fourth-order valence-corrected chi connectivity index (χ4v) is 5.17. The second-order valence-corrected chi connectivity index (χ2v) is 10.5. The average Bonchev–Trinajstić information content (AvgIpc) is 3.41. The first-order valence-corrected chi connectivity index (χ1v) is 13.2. The zero-order valence-corrected chi connectivity index (χ0v) is 21.2. The van der Waals surface area contributed by atoms with E-state index in [0.29, 0.717) is 42.6 Å². The van der Waals surface area contributed by atoms with Crippen LogP contribution in [0.1, 0.15) is 31.2 Å². The molecule has 2 aromatic carbocycles. The smallest absolute Gasteiger partial charge is 0.261 e. The third-order valence-corrected chi connectivity index (χ3v) is 7.96. The topological polar surface area (TPSA) is 115 Å². The van der Waals surface area contributed by atoms with Crippen LogP contribution in [0, 0.1) is 0 Å². The van der Waals surface area contributed by atoms with Crippen LogP contribution in [-0.2, 0) is 19.6 Å². The van der Waals surface area contributed by atoms with Gasteiger partial charge in [-0.1, -0.05) is 23.4 Å². The number of likely N-dealkylation sites (tertiary alicyclic amines) is 1. The van der Waals surface area contributed by atoms with Crippen LogP contribution in [0.2, 0.25) is 0 Å². The molecule has 0 saturated carbocycles. The number of carbonyl (C=O) groups excluding carboxylic acids is 1. The molecule has 36 heavy (non-hydrogen) atoms. The molecule has 1 unspecified atom stereocenters. The van der Waals surface area contributed by atoms with Gasteiger partial charge in [-0.25, -0.2) is 8.42 Å². The van der Waals surface area contributed by atoms with E-state index in [0.717, 1.165) is 12.8 Å². The highest BCUT2D eigenvalue weighted by Crippen LogP contribution is 2.31. The quantitative estimate of drug-likeness (QED) is 0.405. The molecule has 10 nitrogen and oxygen atoms in total. The summed E-state index contributed by atoms with van der Waals surface area (Å²) in [7, 11) is -0.599. The molecule has 1 aliphatic rings.